The Morgan fingerprint density at radius 1 is 1.11 bits per heavy atom. The molecule has 0 fully saturated rings. The quantitative estimate of drug-likeness (QED) is 0.578. The lowest BCUT2D eigenvalue weighted by molar-refractivity contribution is -0.137. The van der Waals surface area contributed by atoms with Crippen LogP contribution in [-0.4, -0.2) is 34.7 Å². The van der Waals surface area contributed by atoms with Gasteiger partial charge in [0.1, 0.15) is 0 Å². The Kier molecular flexibility index (Phi) is 3.59. The summed E-state index contributed by atoms with van der Waals surface area (Å²) in [4.78, 5) is 33.5. The fourth-order valence-electron chi connectivity index (χ4n) is 1.24. The molecule has 0 aliphatic rings. The van der Waals surface area contributed by atoms with E-state index in [-0.39, 0.29) is 25.9 Å². The molecule has 1 aromatic rings. The molecular weight excluding hydrogens is 252 g/mol. The number of carbonyl (C=O) groups is 3. The zero-order valence-electron chi connectivity index (χ0n) is 13.9. The highest BCUT2D eigenvalue weighted by Gasteiger charge is 2.16. The molecule has 0 amide bonds. The summed E-state index contributed by atoms with van der Waals surface area (Å²) in [6.07, 6.45) is 0.371. The molecule has 0 spiro atoms. The number of benzene rings is 1. The molecule has 102 valence electrons. The largest absolute Gasteiger partial charge is 0.481 e. The van der Waals surface area contributed by atoms with Crippen LogP contribution in [0.4, 0.5) is 0 Å². The maximum Gasteiger partial charge on any atom is 0.339 e. The third kappa shape index (κ3) is 4.79. The molecule has 0 unspecified atom stereocenters. The van der Waals surface area contributed by atoms with Gasteiger partial charge < -0.3 is 14.9 Å². The summed E-state index contributed by atoms with van der Waals surface area (Å²) in [7, 11) is 0. The molecule has 0 aromatic heterocycles. The lowest BCUT2D eigenvalue weighted by Gasteiger charge is -2.06. The maximum absolute atomic E-state index is 12.0. The van der Waals surface area contributed by atoms with Crippen LogP contribution >= 0.6 is 0 Å². The van der Waals surface area contributed by atoms with Crippen LogP contribution < -0.4 is 0 Å². The second-order valence-electron chi connectivity index (χ2n) is 3.54. The Bertz CT molecular complexity index is 659. The third-order valence-corrected chi connectivity index (χ3v) is 2.12. The average molecular weight is 270 g/mol. The number of esters is 1. The van der Waals surface area contributed by atoms with E-state index in [4.69, 9.17) is 20.4 Å². The summed E-state index contributed by atoms with van der Waals surface area (Å²) in [5.74, 6) is -3.86. The first-order valence-electron chi connectivity index (χ1n) is 7.41. The highest BCUT2D eigenvalue weighted by molar-refractivity contribution is 6.02. The van der Waals surface area contributed by atoms with Crippen molar-refractivity contribution in [2.45, 2.75) is 19.3 Å². The van der Waals surface area contributed by atoms with Gasteiger partial charge in [-0.1, -0.05) is 12.1 Å². The van der Waals surface area contributed by atoms with Crippen molar-refractivity contribution >= 4 is 17.9 Å². The number of carboxylic acids is 2. The van der Waals surface area contributed by atoms with Crippen molar-refractivity contribution < 1.29 is 34.8 Å². The molecule has 6 heteroatoms. The van der Waals surface area contributed by atoms with Gasteiger partial charge in [-0.2, -0.15) is 0 Å². The fraction of sp³-hybridized carbons (Fsp3) is 0.308. The summed E-state index contributed by atoms with van der Waals surface area (Å²) >= 11 is 0. The van der Waals surface area contributed by atoms with Crippen LogP contribution in [-0.2, 0) is 9.53 Å². The van der Waals surface area contributed by atoms with E-state index in [9.17, 15) is 14.4 Å². The highest BCUT2D eigenvalue weighted by Crippen LogP contribution is 2.10. The zero-order valence-corrected chi connectivity index (χ0v) is 9.86. The lowest BCUT2D eigenvalue weighted by atomic mass is 10.1. The number of rotatable bonds is 7. The molecule has 2 N–H and O–H groups in total. The predicted octanol–water partition coefficient (Wildman–Crippen LogP) is 1.80. The number of carboxylic acid groups (broad SMARTS) is 2. The van der Waals surface area contributed by atoms with Crippen LogP contribution in [0.2, 0.25) is 0 Å². The number of aromatic carboxylic acids is 1. The monoisotopic (exact) mass is 270 g/mol. The van der Waals surface area contributed by atoms with Gasteiger partial charge in [-0.15, -0.1) is 0 Å². The highest BCUT2D eigenvalue weighted by atomic mass is 16.5. The first-order valence-corrected chi connectivity index (χ1v) is 5.41. The van der Waals surface area contributed by atoms with E-state index in [1.54, 1.807) is 0 Å². The van der Waals surface area contributed by atoms with E-state index in [1.807, 2.05) is 0 Å². The van der Waals surface area contributed by atoms with Crippen LogP contribution in [0, 0.1) is 0 Å². The van der Waals surface area contributed by atoms with Crippen molar-refractivity contribution in [2.75, 3.05) is 6.61 Å². The van der Waals surface area contributed by atoms with Crippen molar-refractivity contribution in [3.05, 3.63) is 35.3 Å². The number of ether oxygens (including phenoxy) is 1. The third-order valence-electron chi connectivity index (χ3n) is 2.12. The van der Waals surface area contributed by atoms with E-state index in [1.165, 1.54) is 0 Å². The number of aliphatic carboxylic acids is 1. The smallest absolute Gasteiger partial charge is 0.339 e. The van der Waals surface area contributed by atoms with E-state index in [0.29, 0.717) is 0 Å². The number of hydrogen-bond donors (Lipinski definition) is 2. The minimum Gasteiger partial charge on any atom is -0.481 e. The molecular formula is C13H14O6. The Balaban J connectivity index is 3.00. The number of hydrogen-bond acceptors (Lipinski definition) is 4. The number of carbonyl (C=O) groups excluding carboxylic acids is 1. The van der Waals surface area contributed by atoms with Gasteiger partial charge in [0.2, 0.25) is 0 Å². The predicted molar refractivity (Wildman–Crippen MR) is 65.2 cm³/mol. The summed E-state index contributed by atoms with van der Waals surface area (Å²) in [5, 5.41) is 17.5. The van der Waals surface area contributed by atoms with Gasteiger partial charge in [0, 0.05) is 6.42 Å². The first kappa shape index (κ1) is 9.55. The van der Waals surface area contributed by atoms with Crippen LogP contribution in [0.3, 0.4) is 0 Å². The van der Waals surface area contributed by atoms with Crippen molar-refractivity contribution in [3.8, 4) is 0 Å². The van der Waals surface area contributed by atoms with Crippen LogP contribution in [0.15, 0.2) is 24.2 Å². The second kappa shape index (κ2) is 7.15. The van der Waals surface area contributed by atoms with Crippen LogP contribution in [0.1, 0.15) is 45.5 Å². The van der Waals surface area contributed by atoms with Crippen molar-refractivity contribution in [1.82, 2.24) is 0 Å². The van der Waals surface area contributed by atoms with E-state index < -0.39 is 53.2 Å². The molecule has 0 aliphatic carbocycles. The minimum absolute atomic E-state index is 0.108. The van der Waals surface area contributed by atoms with E-state index in [2.05, 4.69) is 0 Å². The molecule has 0 heterocycles. The summed E-state index contributed by atoms with van der Waals surface area (Å²) < 4.78 is 34.9. The molecule has 0 aliphatic heterocycles. The van der Waals surface area contributed by atoms with Crippen molar-refractivity contribution in [1.29, 1.82) is 0 Å². The molecule has 0 bridgehead atoms. The lowest BCUT2D eigenvalue weighted by Crippen LogP contribution is -2.12. The van der Waals surface area contributed by atoms with E-state index in [0.717, 1.165) is 0 Å². The Morgan fingerprint density at radius 2 is 1.74 bits per heavy atom. The topological polar surface area (TPSA) is 101 Å². The zero-order chi connectivity index (χ0) is 17.7. The maximum atomic E-state index is 12.0. The normalized spacial score (nSPS) is 12.8. The van der Waals surface area contributed by atoms with Crippen LogP contribution in [0.25, 0.3) is 0 Å². The Hall–Kier alpha value is -2.37. The van der Waals surface area contributed by atoms with E-state index >= 15 is 0 Å². The van der Waals surface area contributed by atoms with Crippen LogP contribution in [0.5, 0.6) is 0 Å². The molecule has 0 saturated heterocycles. The second-order valence-corrected chi connectivity index (χ2v) is 3.54. The molecule has 1 rings (SSSR count). The molecule has 0 saturated carbocycles. The molecule has 1 aromatic carbocycles. The fourth-order valence-corrected chi connectivity index (χ4v) is 1.24. The Morgan fingerprint density at radius 3 is 2.32 bits per heavy atom. The SMILES string of the molecule is [2H]c1c([2H])c([2H])c(C(=O)OCCCCC(=O)O)c(C(=O)O)c1[2H]. The molecule has 0 atom stereocenters. The minimum atomic E-state index is -1.67. The summed E-state index contributed by atoms with van der Waals surface area (Å²) in [5.41, 5.74) is -1.60. The van der Waals surface area contributed by atoms with Gasteiger partial charge in [0.25, 0.3) is 0 Å². The Labute approximate surface area is 115 Å². The van der Waals surface area contributed by atoms with Crippen molar-refractivity contribution in [3.63, 3.8) is 0 Å². The standard InChI is InChI=1S/C13H14O6/c14-11(15)7-3-4-8-19-13(18)10-6-2-1-5-9(10)12(16)17/h1-2,5-6H,3-4,7-8H2,(H,14,15)(H,16,17)/i1D,2D,5D,6D. The number of unbranched alkanes of at least 4 members (excludes halogenated alkanes) is 1. The van der Waals surface area contributed by atoms with Crippen molar-refractivity contribution in [2.24, 2.45) is 0 Å². The summed E-state index contributed by atoms with van der Waals surface area (Å²) in [6, 6.07) is -3.13. The van der Waals surface area contributed by atoms with Gasteiger partial charge >= 0.3 is 17.9 Å². The van der Waals surface area contributed by atoms with Gasteiger partial charge in [0.05, 0.1) is 23.2 Å². The molecule has 19 heavy (non-hydrogen) atoms. The molecule has 0 radical (unpaired) electrons. The van der Waals surface area contributed by atoms with Gasteiger partial charge in [-0.05, 0) is 24.9 Å². The van der Waals surface area contributed by atoms with Gasteiger partial charge in [0.15, 0.2) is 0 Å². The van der Waals surface area contributed by atoms with Gasteiger partial charge in [-0.3, -0.25) is 4.79 Å². The summed E-state index contributed by atoms with van der Waals surface area (Å²) in [6.45, 7) is -0.187. The first-order chi connectivity index (χ1) is 10.7. The van der Waals surface area contributed by atoms with Gasteiger partial charge in [-0.25, -0.2) is 9.59 Å². The average Bonchev–Trinajstić information content (AvgIpc) is 2.47. The molecule has 6 nitrogen and oxygen atoms in total.